The first-order valence-corrected chi connectivity index (χ1v) is 12.1. The first-order chi connectivity index (χ1) is 17.7. The maximum Gasteiger partial charge on any atom is 0.341 e. The molecule has 1 atom stereocenters. The SMILES string of the molecule is CC(C)(CCCCOc1cc(-c2ccc3c(c2)OCO3)cc(-c2ccccc2)n1)C(=O)NC(N)C(=O)O. The van der Waals surface area contributed by atoms with Gasteiger partial charge >= 0.3 is 5.97 Å². The Balaban J connectivity index is 1.42. The number of ether oxygens (including phenoxy) is 3. The average molecular weight is 506 g/mol. The number of unbranched alkanes of at least 4 members (excludes halogenated alkanes) is 1. The monoisotopic (exact) mass is 505 g/mol. The molecule has 2 aromatic carbocycles. The van der Waals surface area contributed by atoms with Gasteiger partial charge in [0.1, 0.15) is 0 Å². The summed E-state index contributed by atoms with van der Waals surface area (Å²) in [4.78, 5) is 28.0. The number of rotatable bonds is 11. The van der Waals surface area contributed by atoms with Gasteiger partial charge in [-0.15, -0.1) is 0 Å². The van der Waals surface area contributed by atoms with E-state index in [1.165, 1.54) is 0 Å². The maximum atomic E-state index is 12.4. The molecule has 37 heavy (non-hydrogen) atoms. The molecule has 0 saturated heterocycles. The van der Waals surface area contributed by atoms with Gasteiger partial charge in [0.15, 0.2) is 17.7 Å². The second-order valence-electron chi connectivity index (χ2n) is 9.49. The molecule has 1 amide bonds. The normalized spacial score (nSPS) is 13.2. The number of pyridine rings is 1. The van der Waals surface area contributed by atoms with Crippen LogP contribution in [0.3, 0.4) is 0 Å². The third kappa shape index (κ3) is 6.56. The van der Waals surface area contributed by atoms with Crippen LogP contribution in [0.5, 0.6) is 17.4 Å². The molecule has 0 radical (unpaired) electrons. The van der Waals surface area contributed by atoms with E-state index in [0.29, 0.717) is 37.5 Å². The van der Waals surface area contributed by atoms with Gasteiger partial charge in [-0.25, -0.2) is 9.78 Å². The van der Waals surface area contributed by atoms with Gasteiger partial charge in [0.25, 0.3) is 0 Å². The molecule has 1 aliphatic rings. The van der Waals surface area contributed by atoms with E-state index in [-0.39, 0.29) is 6.79 Å². The van der Waals surface area contributed by atoms with Gasteiger partial charge in [-0.3, -0.25) is 4.79 Å². The Bertz CT molecular complexity index is 1260. The van der Waals surface area contributed by atoms with E-state index in [0.717, 1.165) is 28.1 Å². The number of aliphatic carboxylic acids is 1. The molecule has 0 aliphatic carbocycles. The van der Waals surface area contributed by atoms with Crippen molar-refractivity contribution in [3.05, 3.63) is 60.7 Å². The number of fused-ring (bicyclic) bond motifs is 1. The number of nitrogens with one attached hydrogen (secondary N) is 1. The highest BCUT2D eigenvalue weighted by Crippen LogP contribution is 2.37. The van der Waals surface area contributed by atoms with E-state index in [1.54, 1.807) is 13.8 Å². The standard InChI is InChI=1S/C28H31N3O6/c1-28(2,27(34)31-25(29)26(32)33)12-6-7-13-35-24-16-20(14-21(30-24)18-8-4-3-5-9-18)19-10-11-22-23(15-19)37-17-36-22/h3-5,8-11,14-16,25H,6-7,12-13,17,29H2,1-2H3,(H,31,34)(H,32,33). The fourth-order valence-corrected chi connectivity index (χ4v) is 3.94. The lowest BCUT2D eigenvalue weighted by atomic mass is 9.86. The van der Waals surface area contributed by atoms with Crippen molar-refractivity contribution in [1.29, 1.82) is 0 Å². The summed E-state index contributed by atoms with van der Waals surface area (Å²) >= 11 is 0. The van der Waals surface area contributed by atoms with Gasteiger partial charge in [0.2, 0.25) is 18.6 Å². The number of aromatic nitrogens is 1. The van der Waals surface area contributed by atoms with E-state index in [9.17, 15) is 9.59 Å². The first kappa shape index (κ1) is 26.0. The van der Waals surface area contributed by atoms with E-state index >= 15 is 0 Å². The van der Waals surface area contributed by atoms with Crippen molar-refractivity contribution in [2.24, 2.45) is 11.1 Å². The summed E-state index contributed by atoms with van der Waals surface area (Å²) in [6, 6.07) is 19.6. The topological polar surface area (TPSA) is 133 Å². The molecule has 0 saturated carbocycles. The van der Waals surface area contributed by atoms with Crippen molar-refractivity contribution in [2.45, 2.75) is 39.3 Å². The fourth-order valence-electron chi connectivity index (χ4n) is 3.94. The van der Waals surface area contributed by atoms with E-state index in [2.05, 4.69) is 5.32 Å². The number of nitrogens with zero attached hydrogens (tertiary/aromatic N) is 1. The average Bonchev–Trinajstić information content (AvgIpc) is 3.36. The van der Waals surface area contributed by atoms with Crippen LogP contribution in [-0.4, -0.2) is 41.5 Å². The molecule has 3 aromatic rings. The Labute approximate surface area is 215 Å². The number of hydrogen-bond acceptors (Lipinski definition) is 7. The minimum atomic E-state index is -1.42. The molecule has 0 spiro atoms. The van der Waals surface area contributed by atoms with Crippen LogP contribution in [0.4, 0.5) is 0 Å². The third-order valence-corrected chi connectivity index (χ3v) is 6.19. The van der Waals surface area contributed by atoms with Crippen LogP contribution in [0, 0.1) is 5.41 Å². The van der Waals surface area contributed by atoms with Crippen LogP contribution in [0.15, 0.2) is 60.7 Å². The molecular weight excluding hydrogens is 474 g/mol. The van der Waals surface area contributed by atoms with Crippen LogP contribution >= 0.6 is 0 Å². The van der Waals surface area contributed by atoms with Crippen molar-refractivity contribution in [3.63, 3.8) is 0 Å². The Morgan fingerprint density at radius 3 is 2.54 bits per heavy atom. The summed E-state index contributed by atoms with van der Waals surface area (Å²) in [5.74, 6) is 0.253. The molecule has 2 heterocycles. The highest BCUT2D eigenvalue weighted by Gasteiger charge is 2.29. The highest BCUT2D eigenvalue weighted by molar-refractivity contribution is 5.86. The van der Waals surface area contributed by atoms with Gasteiger partial charge in [0.05, 0.1) is 12.3 Å². The zero-order valence-corrected chi connectivity index (χ0v) is 20.9. The largest absolute Gasteiger partial charge is 0.479 e. The van der Waals surface area contributed by atoms with Gasteiger partial charge in [0, 0.05) is 17.0 Å². The summed E-state index contributed by atoms with van der Waals surface area (Å²) in [5.41, 5.74) is 8.32. The fraction of sp³-hybridized carbons (Fsp3) is 0.321. The second kappa shape index (κ2) is 11.3. The number of benzene rings is 2. The smallest absolute Gasteiger partial charge is 0.341 e. The lowest BCUT2D eigenvalue weighted by Crippen LogP contribution is -2.51. The summed E-state index contributed by atoms with van der Waals surface area (Å²) in [6.07, 6.45) is 0.528. The number of hydrogen-bond donors (Lipinski definition) is 3. The van der Waals surface area contributed by atoms with Crippen molar-refractivity contribution in [2.75, 3.05) is 13.4 Å². The van der Waals surface area contributed by atoms with Crippen molar-refractivity contribution in [1.82, 2.24) is 10.3 Å². The van der Waals surface area contributed by atoms with Gasteiger partial charge in [-0.2, -0.15) is 0 Å². The van der Waals surface area contributed by atoms with E-state index in [4.69, 9.17) is 30.0 Å². The zero-order valence-electron chi connectivity index (χ0n) is 20.9. The molecule has 4 rings (SSSR count). The third-order valence-electron chi connectivity index (χ3n) is 6.19. The minimum Gasteiger partial charge on any atom is -0.479 e. The molecule has 1 aromatic heterocycles. The molecule has 1 unspecified atom stereocenters. The Hall–Kier alpha value is -4.11. The predicted octanol–water partition coefficient (Wildman–Crippen LogP) is 4.21. The Morgan fingerprint density at radius 1 is 1.03 bits per heavy atom. The van der Waals surface area contributed by atoms with Crippen LogP contribution in [0.2, 0.25) is 0 Å². The molecule has 0 bridgehead atoms. The van der Waals surface area contributed by atoms with Crippen LogP contribution in [0.25, 0.3) is 22.4 Å². The van der Waals surface area contributed by atoms with Crippen molar-refractivity contribution in [3.8, 4) is 39.8 Å². The van der Waals surface area contributed by atoms with Crippen LogP contribution < -0.4 is 25.3 Å². The van der Waals surface area contributed by atoms with Gasteiger partial charge in [-0.05, 0) is 48.6 Å². The van der Waals surface area contributed by atoms with E-state index < -0.39 is 23.5 Å². The van der Waals surface area contributed by atoms with Gasteiger partial charge in [-0.1, -0.05) is 50.2 Å². The van der Waals surface area contributed by atoms with Crippen LogP contribution in [-0.2, 0) is 9.59 Å². The molecule has 9 heteroatoms. The number of amides is 1. The lowest BCUT2D eigenvalue weighted by Gasteiger charge is -2.24. The summed E-state index contributed by atoms with van der Waals surface area (Å²) in [6.45, 7) is 4.16. The maximum absolute atomic E-state index is 12.4. The highest BCUT2D eigenvalue weighted by atomic mass is 16.7. The van der Waals surface area contributed by atoms with E-state index in [1.807, 2.05) is 60.7 Å². The Kier molecular flexibility index (Phi) is 7.93. The summed E-state index contributed by atoms with van der Waals surface area (Å²) in [7, 11) is 0. The van der Waals surface area contributed by atoms with Gasteiger partial charge < -0.3 is 30.4 Å². The summed E-state index contributed by atoms with van der Waals surface area (Å²) < 4.78 is 17.0. The van der Waals surface area contributed by atoms with Crippen LogP contribution in [0.1, 0.15) is 33.1 Å². The quantitative estimate of drug-likeness (QED) is 0.261. The number of carboxylic acids is 1. The molecule has 194 valence electrons. The summed E-state index contributed by atoms with van der Waals surface area (Å²) in [5, 5.41) is 11.2. The Morgan fingerprint density at radius 2 is 1.78 bits per heavy atom. The zero-order chi connectivity index (χ0) is 26.4. The molecule has 9 nitrogen and oxygen atoms in total. The second-order valence-corrected chi connectivity index (χ2v) is 9.49. The number of carbonyl (C=O) groups excluding carboxylic acids is 1. The van der Waals surface area contributed by atoms with Crippen molar-refractivity contribution >= 4 is 11.9 Å². The lowest BCUT2D eigenvalue weighted by molar-refractivity contribution is -0.143. The number of nitrogens with two attached hydrogens (primary N) is 1. The minimum absolute atomic E-state index is 0.212. The predicted molar refractivity (Wildman–Crippen MR) is 138 cm³/mol. The number of carboxylic acid groups (broad SMARTS) is 1. The molecular formula is C28H31N3O6. The molecule has 1 aliphatic heterocycles. The van der Waals surface area contributed by atoms with Crippen molar-refractivity contribution < 1.29 is 28.9 Å². The molecule has 0 fully saturated rings. The first-order valence-electron chi connectivity index (χ1n) is 12.1. The molecule has 4 N–H and O–H groups in total. The number of carbonyl (C=O) groups is 2.